The lowest BCUT2D eigenvalue weighted by molar-refractivity contribution is 0.907. The summed E-state index contributed by atoms with van der Waals surface area (Å²) in [5.74, 6) is 0. The van der Waals surface area contributed by atoms with Crippen LogP contribution in [0.15, 0.2) is 66.7 Å². The molecule has 2 heteroatoms. The molecule has 0 saturated heterocycles. The molecule has 0 unspecified atom stereocenters. The Morgan fingerprint density at radius 2 is 1.27 bits per heavy atom. The van der Waals surface area contributed by atoms with E-state index in [1.54, 1.807) is 0 Å². The van der Waals surface area contributed by atoms with Gasteiger partial charge in [0.25, 0.3) is 0 Å². The Labute approximate surface area is 130 Å². The molecule has 1 aromatic heterocycles. The second-order valence-electron chi connectivity index (χ2n) is 5.43. The van der Waals surface area contributed by atoms with E-state index in [2.05, 4.69) is 36.4 Å². The third kappa shape index (κ3) is 2.33. The SMILES string of the molecule is C1=Cc2nc(-c3ccccc3)c(-c3ccccc3)nc2CC1. The number of nitrogens with zero attached hydrogens (tertiary/aromatic N) is 2. The van der Waals surface area contributed by atoms with Crippen molar-refractivity contribution in [3.8, 4) is 22.5 Å². The van der Waals surface area contributed by atoms with Gasteiger partial charge < -0.3 is 0 Å². The van der Waals surface area contributed by atoms with Crippen molar-refractivity contribution in [1.82, 2.24) is 9.97 Å². The summed E-state index contributed by atoms with van der Waals surface area (Å²) in [6.45, 7) is 0. The molecule has 1 aliphatic rings. The maximum atomic E-state index is 4.95. The molecule has 0 spiro atoms. The van der Waals surface area contributed by atoms with Crippen LogP contribution in [0.3, 0.4) is 0 Å². The van der Waals surface area contributed by atoms with Crippen molar-refractivity contribution in [3.05, 3.63) is 78.1 Å². The van der Waals surface area contributed by atoms with Crippen LogP contribution in [0.25, 0.3) is 28.6 Å². The fourth-order valence-electron chi connectivity index (χ4n) is 2.81. The van der Waals surface area contributed by atoms with E-state index in [0.29, 0.717) is 0 Å². The van der Waals surface area contributed by atoms with Gasteiger partial charge in [0, 0.05) is 11.1 Å². The van der Waals surface area contributed by atoms with E-state index in [9.17, 15) is 0 Å². The van der Waals surface area contributed by atoms with Gasteiger partial charge in [-0.1, -0.05) is 66.7 Å². The summed E-state index contributed by atoms with van der Waals surface area (Å²) in [7, 11) is 0. The molecular weight excluding hydrogens is 268 g/mol. The van der Waals surface area contributed by atoms with Gasteiger partial charge in [-0.15, -0.1) is 0 Å². The first-order chi connectivity index (χ1) is 10.9. The molecule has 0 bridgehead atoms. The van der Waals surface area contributed by atoms with Crippen LogP contribution in [0, 0.1) is 0 Å². The largest absolute Gasteiger partial charge is 0.248 e. The number of benzene rings is 2. The number of hydrogen-bond acceptors (Lipinski definition) is 2. The van der Waals surface area contributed by atoms with Crippen molar-refractivity contribution < 1.29 is 0 Å². The zero-order valence-electron chi connectivity index (χ0n) is 12.2. The third-order valence-corrected chi connectivity index (χ3v) is 3.92. The van der Waals surface area contributed by atoms with Crippen LogP contribution < -0.4 is 0 Å². The summed E-state index contributed by atoms with van der Waals surface area (Å²) in [5.41, 5.74) is 6.26. The Morgan fingerprint density at radius 3 is 1.91 bits per heavy atom. The minimum atomic E-state index is 0.956. The molecule has 0 N–H and O–H groups in total. The summed E-state index contributed by atoms with van der Waals surface area (Å²) in [5, 5.41) is 0. The van der Waals surface area contributed by atoms with Gasteiger partial charge in [0.15, 0.2) is 0 Å². The lowest BCUT2D eigenvalue weighted by atomic mass is 10.0. The number of fused-ring (bicyclic) bond motifs is 1. The summed E-state index contributed by atoms with van der Waals surface area (Å²) >= 11 is 0. The van der Waals surface area contributed by atoms with Gasteiger partial charge in [0.05, 0.1) is 22.8 Å². The normalized spacial score (nSPS) is 12.9. The highest BCUT2D eigenvalue weighted by Gasteiger charge is 2.16. The first-order valence-electron chi connectivity index (χ1n) is 7.60. The number of hydrogen-bond donors (Lipinski definition) is 0. The molecule has 1 heterocycles. The topological polar surface area (TPSA) is 25.8 Å². The van der Waals surface area contributed by atoms with E-state index in [1.165, 1.54) is 0 Å². The van der Waals surface area contributed by atoms with E-state index < -0.39 is 0 Å². The number of aromatic nitrogens is 2. The highest BCUT2D eigenvalue weighted by Crippen LogP contribution is 2.31. The summed E-state index contributed by atoms with van der Waals surface area (Å²) < 4.78 is 0. The minimum Gasteiger partial charge on any atom is -0.248 e. The van der Waals surface area contributed by atoms with Crippen molar-refractivity contribution in [2.24, 2.45) is 0 Å². The highest BCUT2D eigenvalue weighted by atomic mass is 14.9. The van der Waals surface area contributed by atoms with Crippen LogP contribution in [0.4, 0.5) is 0 Å². The molecule has 0 atom stereocenters. The predicted molar refractivity (Wildman–Crippen MR) is 90.3 cm³/mol. The first kappa shape index (κ1) is 13.0. The second kappa shape index (κ2) is 5.57. The lowest BCUT2D eigenvalue weighted by Gasteiger charge is -2.15. The highest BCUT2D eigenvalue weighted by molar-refractivity contribution is 5.79. The van der Waals surface area contributed by atoms with Crippen LogP contribution in [-0.2, 0) is 6.42 Å². The Bertz CT molecular complexity index is 821. The summed E-state index contributed by atoms with van der Waals surface area (Å²) in [6.07, 6.45) is 6.27. The number of rotatable bonds is 2. The van der Waals surface area contributed by atoms with E-state index in [0.717, 1.165) is 46.7 Å². The Hall–Kier alpha value is -2.74. The van der Waals surface area contributed by atoms with Crippen molar-refractivity contribution in [1.29, 1.82) is 0 Å². The van der Waals surface area contributed by atoms with Crippen molar-refractivity contribution in [3.63, 3.8) is 0 Å². The molecule has 4 rings (SSSR count). The maximum absolute atomic E-state index is 4.95. The molecule has 22 heavy (non-hydrogen) atoms. The Balaban J connectivity index is 1.97. The second-order valence-corrected chi connectivity index (χ2v) is 5.43. The Morgan fingerprint density at radius 1 is 0.682 bits per heavy atom. The molecule has 106 valence electrons. The molecule has 1 aliphatic carbocycles. The van der Waals surface area contributed by atoms with Crippen LogP contribution in [-0.4, -0.2) is 9.97 Å². The molecule has 0 amide bonds. The Kier molecular flexibility index (Phi) is 3.28. The number of allylic oxidation sites excluding steroid dienone is 1. The van der Waals surface area contributed by atoms with Gasteiger partial charge in [0.1, 0.15) is 0 Å². The molecule has 3 aromatic rings. The molecule has 0 aliphatic heterocycles. The van der Waals surface area contributed by atoms with Gasteiger partial charge >= 0.3 is 0 Å². The average Bonchev–Trinajstić information content (AvgIpc) is 2.62. The van der Waals surface area contributed by atoms with Crippen LogP contribution in [0.1, 0.15) is 17.8 Å². The third-order valence-electron chi connectivity index (χ3n) is 3.92. The fourth-order valence-corrected chi connectivity index (χ4v) is 2.81. The van der Waals surface area contributed by atoms with Crippen molar-refractivity contribution >= 4 is 6.08 Å². The quantitative estimate of drug-likeness (QED) is 0.677. The minimum absolute atomic E-state index is 0.956. The van der Waals surface area contributed by atoms with E-state index in [-0.39, 0.29) is 0 Å². The molecule has 0 saturated carbocycles. The lowest BCUT2D eigenvalue weighted by Crippen LogP contribution is -2.05. The van der Waals surface area contributed by atoms with Gasteiger partial charge in [-0.25, -0.2) is 9.97 Å². The monoisotopic (exact) mass is 284 g/mol. The van der Waals surface area contributed by atoms with Crippen LogP contribution in [0.5, 0.6) is 0 Å². The van der Waals surface area contributed by atoms with Crippen molar-refractivity contribution in [2.75, 3.05) is 0 Å². The zero-order chi connectivity index (χ0) is 14.8. The molecule has 0 fully saturated rings. The fraction of sp³-hybridized carbons (Fsp3) is 0.100. The smallest absolute Gasteiger partial charge is 0.0972 e. The average molecular weight is 284 g/mol. The van der Waals surface area contributed by atoms with E-state index in [4.69, 9.17) is 9.97 Å². The van der Waals surface area contributed by atoms with Crippen LogP contribution in [0.2, 0.25) is 0 Å². The van der Waals surface area contributed by atoms with Gasteiger partial charge in [-0.2, -0.15) is 0 Å². The van der Waals surface area contributed by atoms with Crippen molar-refractivity contribution in [2.45, 2.75) is 12.8 Å². The summed E-state index contributed by atoms with van der Waals surface area (Å²) in [6, 6.07) is 20.6. The molecule has 0 radical (unpaired) electrons. The van der Waals surface area contributed by atoms with Gasteiger partial charge in [0.2, 0.25) is 0 Å². The summed E-state index contributed by atoms with van der Waals surface area (Å²) in [4.78, 5) is 9.86. The zero-order valence-corrected chi connectivity index (χ0v) is 12.2. The predicted octanol–water partition coefficient (Wildman–Crippen LogP) is 4.77. The molecule has 2 aromatic carbocycles. The van der Waals surface area contributed by atoms with E-state index >= 15 is 0 Å². The van der Waals surface area contributed by atoms with Gasteiger partial charge in [-0.3, -0.25) is 0 Å². The maximum Gasteiger partial charge on any atom is 0.0972 e. The molecule has 2 nitrogen and oxygen atoms in total. The number of aryl methyl sites for hydroxylation is 1. The van der Waals surface area contributed by atoms with Crippen LogP contribution >= 0.6 is 0 Å². The standard InChI is InChI=1S/C20H16N2/c1-3-9-15(10-4-1)19-20(16-11-5-2-6-12-16)22-18-14-8-7-13-17(18)21-19/h1-7,9-13H,8,14H2. The molecular formula is C20H16N2. The van der Waals surface area contributed by atoms with Gasteiger partial charge in [-0.05, 0) is 18.9 Å². The van der Waals surface area contributed by atoms with E-state index in [1.807, 2.05) is 36.4 Å². The first-order valence-corrected chi connectivity index (χ1v) is 7.60.